The number of alkyl halides is 1. The predicted molar refractivity (Wildman–Crippen MR) is 125 cm³/mol. The van der Waals surface area contributed by atoms with Gasteiger partial charge in [0.25, 0.3) is 0 Å². The highest BCUT2D eigenvalue weighted by Gasteiger charge is 2.19. The molecule has 0 bridgehead atoms. The zero-order chi connectivity index (χ0) is 21.9. The van der Waals surface area contributed by atoms with E-state index < -0.39 is 0 Å². The summed E-state index contributed by atoms with van der Waals surface area (Å²) in [4.78, 5) is 2.49. The van der Waals surface area contributed by atoms with E-state index in [1.807, 2.05) is 26.8 Å². The molecule has 3 rings (SSSR count). The summed E-state index contributed by atoms with van der Waals surface area (Å²) in [6.07, 6.45) is 1.48. The molecule has 0 aromatic heterocycles. The van der Waals surface area contributed by atoms with Crippen molar-refractivity contribution in [1.82, 2.24) is 10.2 Å². The molecule has 2 aromatic rings. The van der Waals surface area contributed by atoms with E-state index in [0.29, 0.717) is 13.0 Å². The van der Waals surface area contributed by atoms with E-state index >= 15 is 0 Å². The molecule has 0 saturated heterocycles. The molecule has 2 aromatic carbocycles. The van der Waals surface area contributed by atoms with Gasteiger partial charge in [-0.05, 0) is 54.2 Å². The van der Waals surface area contributed by atoms with E-state index in [9.17, 15) is 4.39 Å². The maximum Gasteiger partial charge on any atom is 0.122 e. The van der Waals surface area contributed by atoms with Crippen molar-refractivity contribution < 1.29 is 9.13 Å². The van der Waals surface area contributed by atoms with Gasteiger partial charge in [0.2, 0.25) is 0 Å². The molecule has 1 N–H and O–H groups in total. The van der Waals surface area contributed by atoms with Gasteiger partial charge in [0.05, 0.1) is 13.3 Å². The highest BCUT2D eigenvalue weighted by atomic mass is 19.1. The Hall–Kier alpha value is -2.33. The van der Waals surface area contributed by atoms with Gasteiger partial charge in [0.15, 0.2) is 0 Å². The van der Waals surface area contributed by atoms with Crippen LogP contribution in [0.4, 0.5) is 4.39 Å². The average Bonchev–Trinajstić information content (AvgIpc) is 2.76. The molecule has 1 aliphatic heterocycles. The Balaban J connectivity index is 0.00000155. The van der Waals surface area contributed by atoms with E-state index in [1.165, 1.54) is 27.8 Å². The Morgan fingerprint density at radius 3 is 2.50 bits per heavy atom. The summed E-state index contributed by atoms with van der Waals surface area (Å²) in [5.41, 5.74) is 7.59. The summed E-state index contributed by atoms with van der Waals surface area (Å²) in [6.45, 7) is 15.9. The zero-order valence-corrected chi connectivity index (χ0v) is 19.1. The molecule has 1 aliphatic rings. The Morgan fingerprint density at radius 2 is 1.83 bits per heavy atom. The quantitative estimate of drug-likeness (QED) is 0.516. The highest BCUT2D eigenvalue weighted by Crippen LogP contribution is 2.30. The molecule has 0 saturated carbocycles. The third kappa shape index (κ3) is 6.88. The van der Waals surface area contributed by atoms with Gasteiger partial charge in [-0.25, -0.2) is 0 Å². The highest BCUT2D eigenvalue weighted by molar-refractivity contribution is 5.45. The monoisotopic (exact) mass is 412 g/mol. The Kier molecular flexibility index (Phi) is 9.88. The summed E-state index contributed by atoms with van der Waals surface area (Å²) < 4.78 is 18.0. The number of fused-ring (bicyclic) bond motifs is 1. The smallest absolute Gasteiger partial charge is 0.122 e. The molecule has 0 aliphatic carbocycles. The lowest BCUT2D eigenvalue weighted by Crippen LogP contribution is -2.30. The second kappa shape index (κ2) is 12.4. The topological polar surface area (TPSA) is 24.5 Å². The van der Waals surface area contributed by atoms with Crippen molar-refractivity contribution >= 4 is 0 Å². The number of nitrogens with one attached hydrogen (secondary N) is 1. The predicted octanol–water partition coefficient (Wildman–Crippen LogP) is 5.94. The van der Waals surface area contributed by atoms with Crippen LogP contribution in [0.15, 0.2) is 48.7 Å². The molecule has 30 heavy (non-hydrogen) atoms. The number of nitrogens with zero attached hydrogens (tertiary/aromatic N) is 1. The first-order valence-electron chi connectivity index (χ1n) is 11.1. The summed E-state index contributed by atoms with van der Waals surface area (Å²) in [5, 5.41) is 3.27. The van der Waals surface area contributed by atoms with Crippen molar-refractivity contribution in [1.29, 1.82) is 0 Å². The fraction of sp³-hybridized carbons (Fsp3) is 0.462. The third-order valence-corrected chi connectivity index (χ3v) is 5.28. The number of ether oxygens (including phenoxy) is 1. The molecule has 0 atom stereocenters. The van der Waals surface area contributed by atoms with E-state index in [1.54, 1.807) is 0 Å². The number of hydrogen-bond donors (Lipinski definition) is 1. The standard InChI is InChI=1S/C24H31FN2O.C2H6/c1-18(2)26-15-20-5-7-21(8-6-20)16-27-13-11-23-19(3)24(28-14-4-12-25)10-9-22(23)17-27;1-2/h5-10,26H,1,4,11-17H2,2-3H3;1-2H3. The Morgan fingerprint density at radius 1 is 1.13 bits per heavy atom. The molecule has 0 radical (unpaired) electrons. The molecule has 164 valence electrons. The first-order valence-corrected chi connectivity index (χ1v) is 11.1. The van der Waals surface area contributed by atoms with Crippen molar-refractivity contribution in [3.8, 4) is 5.75 Å². The van der Waals surface area contributed by atoms with E-state index in [2.05, 4.69) is 54.1 Å². The SMILES string of the molecule is C=C(C)NCc1ccc(CN2CCc3c(ccc(OCCCF)c3C)C2)cc1.CC. The van der Waals surface area contributed by atoms with Crippen molar-refractivity contribution in [3.63, 3.8) is 0 Å². The van der Waals surface area contributed by atoms with Crippen LogP contribution < -0.4 is 10.1 Å². The van der Waals surface area contributed by atoms with Crippen LogP contribution in [0.25, 0.3) is 0 Å². The number of hydrogen-bond acceptors (Lipinski definition) is 3. The zero-order valence-electron chi connectivity index (χ0n) is 19.1. The summed E-state index contributed by atoms with van der Waals surface area (Å²) >= 11 is 0. The number of benzene rings is 2. The van der Waals surface area contributed by atoms with Gasteiger partial charge in [-0.2, -0.15) is 0 Å². The van der Waals surface area contributed by atoms with Gasteiger partial charge in [-0.1, -0.05) is 50.8 Å². The summed E-state index contributed by atoms with van der Waals surface area (Å²) in [5.74, 6) is 0.902. The normalized spacial score (nSPS) is 13.1. The number of rotatable bonds is 9. The maximum absolute atomic E-state index is 12.3. The first kappa shape index (κ1) is 23.9. The number of halogens is 1. The van der Waals surface area contributed by atoms with Crippen molar-refractivity contribution in [3.05, 3.63) is 76.5 Å². The van der Waals surface area contributed by atoms with Gasteiger partial charge in [0.1, 0.15) is 5.75 Å². The molecule has 3 nitrogen and oxygen atoms in total. The van der Waals surface area contributed by atoms with E-state index in [-0.39, 0.29) is 6.67 Å². The van der Waals surface area contributed by atoms with Crippen LogP contribution in [0.2, 0.25) is 0 Å². The van der Waals surface area contributed by atoms with E-state index in [0.717, 1.165) is 44.0 Å². The molecular weight excluding hydrogens is 375 g/mol. The van der Waals surface area contributed by atoms with Crippen LogP contribution in [-0.2, 0) is 26.1 Å². The van der Waals surface area contributed by atoms with Gasteiger partial charge in [-0.3, -0.25) is 9.29 Å². The minimum Gasteiger partial charge on any atom is -0.493 e. The maximum atomic E-state index is 12.3. The lowest BCUT2D eigenvalue weighted by atomic mass is 9.94. The second-order valence-corrected chi connectivity index (χ2v) is 7.63. The van der Waals surface area contributed by atoms with Crippen LogP contribution in [-0.4, -0.2) is 24.7 Å². The van der Waals surface area contributed by atoms with Crippen molar-refractivity contribution in [2.75, 3.05) is 19.8 Å². The van der Waals surface area contributed by atoms with Crippen molar-refractivity contribution in [2.45, 2.75) is 60.2 Å². The largest absolute Gasteiger partial charge is 0.493 e. The van der Waals surface area contributed by atoms with E-state index in [4.69, 9.17) is 4.74 Å². The van der Waals surface area contributed by atoms with Gasteiger partial charge in [0, 0.05) is 38.3 Å². The molecule has 4 heteroatoms. The van der Waals surface area contributed by atoms with Crippen molar-refractivity contribution in [2.24, 2.45) is 0 Å². The Bertz CT molecular complexity index is 801. The first-order chi connectivity index (χ1) is 14.6. The fourth-order valence-corrected chi connectivity index (χ4v) is 3.68. The molecule has 1 heterocycles. The third-order valence-electron chi connectivity index (χ3n) is 5.28. The van der Waals surface area contributed by atoms with Crippen LogP contribution in [0.5, 0.6) is 5.75 Å². The minimum atomic E-state index is -0.329. The summed E-state index contributed by atoms with van der Waals surface area (Å²) in [6, 6.07) is 13.0. The fourth-order valence-electron chi connectivity index (χ4n) is 3.68. The average molecular weight is 413 g/mol. The molecule has 0 fully saturated rings. The van der Waals surface area contributed by atoms with Crippen LogP contribution >= 0.6 is 0 Å². The van der Waals surface area contributed by atoms with Crippen LogP contribution in [0, 0.1) is 6.92 Å². The lowest BCUT2D eigenvalue weighted by molar-refractivity contribution is 0.243. The molecule has 0 unspecified atom stereocenters. The van der Waals surface area contributed by atoms with Gasteiger partial charge in [-0.15, -0.1) is 0 Å². The second-order valence-electron chi connectivity index (χ2n) is 7.63. The van der Waals surface area contributed by atoms with Gasteiger partial charge >= 0.3 is 0 Å². The molecule has 0 amide bonds. The van der Waals surface area contributed by atoms with Crippen LogP contribution in [0.3, 0.4) is 0 Å². The summed E-state index contributed by atoms with van der Waals surface area (Å²) in [7, 11) is 0. The minimum absolute atomic E-state index is 0.329. The lowest BCUT2D eigenvalue weighted by Gasteiger charge is -2.30. The van der Waals surface area contributed by atoms with Gasteiger partial charge < -0.3 is 10.1 Å². The number of allylic oxidation sites excluding steroid dienone is 1. The van der Waals surface area contributed by atoms with Crippen LogP contribution in [0.1, 0.15) is 55.0 Å². The molecular formula is C26H37FN2O. The Labute approximate surface area is 181 Å². The molecule has 0 spiro atoms.